The Balaban J connectivity index is 0.000001000. The molecule has 0 radical (unpaired) electrons. The Bertz CT molecular complexity index is 128. The van der Waals surface area contributed by atoms with Crippen molar-refractivity contribution < 1.29 is 11.3 Å². The van der Waals surface area contributed by atoms with Crippen molar-refractivity contribution in [3.8, 4) is 0 Å². The second-order valence-electron chi connectivity index (χ2n) is 2.34. The first-order valence-electron chi connectivity index (χ1n) is 3.36. The minimum Gasteiger partial charge on any atom is -0.465 e. The first kappa shape index (κ1) is 7.72. The van der Waals surface area contributed by atoms with Crippen molar-refractivity contribution in [2.75, 3.05) is 11.5 Å². The molecule has 0 saturated carbocycles. The molecular formula is C6H13NO2S. The summed E-state index contributed by atoms with van der Waals surface area (Å²) in [6, 6.07) is 0.207. The SMILES string of the molecule is O=C(O)NC1CCSCC1.[HH]. The van der Waals surface area contributed by atoms with Crippen molar-refractivity contribution in [3.63, 3.8) is 0 Å². The van der Waals surface area contributed by atoms with Gasteiger partial charge in [-0.2, -0.15) is 11.8 Å². The highest BCUT2D eigenvalue weighted by molar-refractivity contribution is 7.99. The number of thioether (sulfide) groups is 1. The van der Waals surface area contributed by atoms with Crippen molar-refractivity contribution in [1.82, 2.24) is 5.32 Å². The number of carboxylic acid groups (broad SMARTS) is 1. The monoisotopic (exact) mass is 163 g/mol. The van der Waals surface area contributed by atoms with E-state index in [1.54, 1.807) is 0 Å². The number of hydrogen-bond acceptors (Lipinski definition) is 2. The highest BCUT2D eigenvalue weighted by atomic mass is 32.2. The van der Waals surface area contributed by atoms with Crippen LogP contribution in [0.15, 0.2) is 0 Å². The van der Waals surface area contributed by atoms with E-state index in [1.807, 2.05) is 11.8 Å². The van der Waals surface area contributed by atoms with Gasteiger partial charge in [-0.15, -0.1) is 0 Å². The summed E-state index contributed by atoms with van der Waals surface area (Å²) < 4.78 is 0. The average molecular weight is 163 g/mol. The summed E-state index contributed by atoms with van der Waals surface area (Å²) in [5.41, 5.74) is 0. The van der Waals surface area contributed by atoms with Gasteiger partial charge in [-0.3, -0.25) is 0 Å². The van der Waals surface area contributed by atoms with Crippen LogP contribution < -0.4 is 5.32 Å². The summed E-state index contributed by atoms with van der Waals surface area (Å²) in [7, 11) is 0. The lowest BCUT2D eigenvalue weighted by atomic mass is 10.2. The van der Waals surface area contributed by atoms with E-state index in [0.29, 0.717) is 0 Å². The fourth-order valence-electron chi connectivity index (χ4n) is 1.02. The molecule has 1 saturated heterocycles. The Kier molecular flexibility index (Phi) is 2.86. The van der Waals surface area contributed by atoms with E-state index in [0.717, 1.165) is 24.3 Å². The molecule has 0 aromatic carbocycles. The lowest BCUT2D eigenvalue weighted by Crippen LogP contribution is -2.36. The summed E-state index contributed by atoms with van der Waals surface area (Å²) in [5, 5.41) is 10.8. The summed E-state index contributed by atoms with van der Waals surface area (Å²) in [5.74, 6) is 2.18. The number of hydrogen-bond donors (Lipinski definition) is 2. The van der Waals surface area contributed by atoms with Crippen LogP contribution in [-0.4, -0.2) is 28.7 Å². The molecule has 1 aliphatic rings. The Morgan fingerprint density at radius 2 is 2.20 bits per heavy atom. The lowest BCUT2D eigenvalue weighted by molar-refractivity contribution is 0.189. The van der Waals surface area contributed by atoms with Gasteiger partial charge in [-0.25, -0.2) is 4.79 Å². The first-order valence-corrected chi connectivity index (χ1v) is 4.51. The van der Waals surface area contributed by atoms with Gasteiger partial charge in [0.05, 0.1) is 0 Å². The molecule has 1 rings (SSSR count). The van der Waals surface area contributed by atoms with Crippen LogP contribution >= 0.6 is 11.8 Å². The molecule has 0 atom stereocenters. The van der Waals surface area contributed by atoms with Gasteiger partial charge in [0.25, 0.3) is 0 Å². The molecule has 0 aliphatic carbocycles. The Morgan fingerprint density at radius 1 is 1.60 bits per heavy atom. The third kappa shape index (κ3) is 2.47. The molecular weight excluding hydrogens is 150 g/mol. The largest absolute Gasteiger partial charge is 0.465 e. The molecule has 0 aromatic heterocycles. The van der Waals surface area contributed by atoms with Crippen LogP contribution in [0.1, 0.15) is 14.3 Å². The zero-order chi connectivity index (χ0) is 7.40. The van der Waals surface area contributed by atoms with Gasteiger partial charge in [0.2, 0.25) is 0 Å². The highest BCUT2D eigenvalue weighted by Crippen LogP contribution is 2.16. The summed E-state index contributed by atoms with van der Waals surface area (Å²) in [4.78, 5) is 10.1. The van der Waals surface area contributed by atoms with E-state index in [-0.39, 0.29) is 7.47 Å². The summed E-state index contributed by atoms with van der Waals surface area (Å²) >= 11 is 1.89. The van der Waals surface area contributed by atoms with Gasteiger partial charge in [0, 0.05) is 7.47 Å². The van der Waals surface area contributed by atoms with E-state index in [4.69, 9.17) is 5.11 Å². The second-order valence-corrected chi connectivity index (χ2v) is 3.56. The maximum atomic E-state index is 10.1. The topological polar surface area (TPSA) is 49.3 Å². The predicted octanol–water partition coefficient (Wildman–Crippen LogP) is 1.40. The molecule has 4 heteroatoms. The van der Waals surface area contributed by atoms with Crippen LogP contribution in [0.25, 0.3) is 0 Å². The predicted molar refractivity (Wildman–Crippen MR) is 43.6 cm³/mol. The Labute approximate surface area is 65.7 Å². The van der Waals surface area contributed by atoms with Crippen molar-refractivity contribution in [2.24, 2.45) is 0 Å². The van der Waals surface area contributed by atoms with Crippen LogP contribution in [0.5, 0.6) is 0 Å². The summed E-state index contributed by atoms with van der Waals surface area (Å²) in [6.45, 7) is 0. The maximum absolute atomic E-state index is 10.1. The zero-order valence-electron chi connectivity index (χ0n) is 5.67. The van der Waals surface area contributed by atoms with Crippen molar-refractivity contribution in [2.45, 2.75) is 18.9 Å². The summed E-state index contributed by atoms with van der Waals surface area (Å²) in [6.07, 6.45) is 1.07. The van der Waals surface area contributed by atoms with Crippen molar-refractivity contribution in [1.29, 1.82) is 0 Å². The fourth-order valence-corrected chi connectivity index (χ4v) is 2.12. The molecule has 3 nitrogen and oxygen atoms in total. The van der Waals surface area contributed by atoms with Gasteiger partial charge in [-0.05, 0) is 24.3 Å². The van der Waals surface area contributed by atoms with Crippen LogP contribution in [0.4, 0.5) is 4.79 Å². The molecule has 0 aromatic rings. The van der Waals surface area contributed by atoms with Crippen LogP contribution in [-0.2, 0) is 0 Å². The molecule has 10 heavy (non-hydrogen) atoms. The molecule has 1 heterocycles. The molecule has 60 valence electrons. The van der Waals surface area contributed by atoms with Crippen molar-refractivity contribution in [3.05, 3.63) is 0 Å². The Hall–Kier alpha value is -0.380. The fraction of sp³-hybridized carbons (Fsp3) is 0.833. The van der Waals surface area contributed by atoms with Gasteiger partial charge in [-0.1, -0.05) is 0 Å². The van der Waals surface area contributed by atoms with Gasteiger partial charge in [0.1, 0.15) is 0 Å². The van der Waals surface area contributed by atoms with E-state index < -0.39 is 6.09 Å². The number of carbonyl (C=O) groups is 1. The van der Waals surface area contributed by atoms with E-state index >= 15 is 0 Å². The van der Waals surface area contributed by atoms with Crippen LogP contribution in [0.3, 0.4) is 0 Å². The minimum atomic E-state index is -0.892. The number of nitrogens with one attached hydrogen (secondary N) is 1. The third-order valence-electron chi connectivity index (χ3n) is 1.55. The molecule has 0 bridgehead atoms. The average Bonchev–Trinajstić information content (AvgIpc) is 1.88. The van der Waals surface area contributed by atoms with E-state index in [9.17, 15) is 4.79 Å². The van der Waals surface area contributed by atoms with E-state index in [1.165, 1.54) is 0 Å². The van der Waals surface area contributed by atoms with Crippen LogP contribution in [0.2, 0.25) is 0 Å². The quantitative estimate of drug-likeness (QED) is 0.614. The lowest BCUT2D eigenvalue weighted by Gasteiger charge is -2.20. The normalized spacial score (nSPS) is 20.4. The number of amides is 1. The molecule has 1 fully saturated rings. The molecule has 0 unspecified atom stereocenters. The smallest absolute Gasteiger partial charge is 0.404 e. The van der Waals surface area contributed by atoms with Gasteiger partial charge >= 0.3 is 6.09 Å². The zero-order valence-corrected chi connectivity index (χ0v) is 6.49. The minimum absolute atomic E-state index is 0. The van der Waals surface area contributed by atoms with Crippen molar-refractivity contribution >= 4 is 17.9 Å². The van der Waals surface area contributed by atoms with Gasteiger partial charge in [0.15, 0.2) is 0 Å². The van der Waals surface area contributed by atoms with Gasteiger partial charge < -0.3 is 10.4 Å². The highest BCUT2D eigenvalue weighted by Gasteiger charge is 2.14. The molecule has 1 aliphatic heterocycles. The molecule has 2 N–H and O–H groups in total. The second kappa shape index (κ2) is 3.71. The molecule has 0 spiro atoms. The Morgan fingerprint density at radius 3 is 2.70 bits per heavy atom. The first-order chi connectivity index (χ1) is 4.79. The maximum Gasteiger partial charge on any atom is 0.404 e. The van der Waals surface area contributed by atoms with Crippen LogP contribution in [0, 0.1) is 0 Å². The third-order valence-corrected chi connectivity index (χ3v) is 2.60. The molecule has 1 amide bonds. The number of rotatable bonds is 1. The van der Waals surface area contributed by atoms with E-state index in [2.05, 4.69) is 5.32 Å². The standard InChI is InChI=1S/C6H11NO2S.H2/c8-6(9)7-5-1-3-10-4-2-5;/h5,7H,1-4H2,(H,8,9);1H.